The largest absolute Gasteiger partial charge is 0.748 e. The molecule has 0 aliphatic heterocycles. The lowest BCUT2D eigenvalue weighted by Gasteiger charge is -2.06. The highest BCUT2D eigenvalue weighted by molar-refractivity contribution is 7.85. The number of hydrogen-bond donors (Lipinski definition) is 1. The number of unbranched alkanes of at least 4 members (excludes halogenated alkanes) is 12. The number of quaternary nitrogens is 1. The highest BCUT2D eigenvalue weighted by Gasteiger charge is 1.96. The maximum atomic E-state index is 10.4. The molecule has 23 heavy (non-hydrogen) atoms. The molecule has 0 spiro atoms. The van der Waals surface area contributed by atoms with E-state index in [2.05, 4.69) is 19.6 Å². The maximum Gasteiger partial charge on any atom is 0.0945 e. The van der Waals surface area contributed by atoms with E-state index in [0.717, 1.165) is 19.4 Å². The van der Waals surface area contributed by atoms with E-state index in [9.17, 15) is 13.0 Å². The standard InChI is InChI=1S/C14H30O3S.C4H11N/c1-2-3-4-5-6-7-8-9-10-11-12-13-14-18(15,16)17;1-2-3-4-5/h2-14H2,1H3,(H,15,16,17);2-5H2,1H3. The highest BCUT2D eigenvalue weighted by atomic mass is 32.2. The summed E-state index contributed by atoms with van der Waals surface area (Å²) in [5.41, 5.74) is 3.68. The van der Waals surface area contributed by atoms with Crippen molar-refractivity contribution in [1.82, 2.24) is 0 Å². The van der Waals surface area contributed by atoms with Gasteiger partial charge in [-0.2, -0.15) is 0 Å². The molecule has 0 bridgehead atoms. The zero-order chi connectivity index (χ0) is 17.8. The van der Waals surface area contributed by atoms with Crippen LogP contribution in [0, 0.1) is 0 Å². The Balaban J connectivity index is 0. The average molecular weight is 352 g/mol. The molecule has 0 fully saturated rings. The van der Waals surface area contributed by atoms with Crippen LogP contribution in [0.2, 0.25) is 0 Å². The van der Waals surface area contributed by atoms with Crippen LogP contribution in [0.15, 0.2) is 0 Å². The van der Waals surface area contributed by atoms with Gasteiger partial charge in [0, 0.05) is 5.75 Å². The summed E-state index contributed by atoms with van der Waals surface area (Å²) >= 11 is 0. The minimum absolute atomic E-state index is 0.190. The fourth-order valence-corrected chi connectivity index (χ4v) is 2.93. The number of hydrogen-bond acceptors (Lipinski definition) is 3. The van der Waals surface area contributed by atoms with Crippen molar-refractivity contribution in [3.8, 4) is 0 Å². The zero-order valence-corrected chi connectivity index (χ0v) is 16.5. The molecule has 0 rings (SSSR count). The monoisotopic (exact) mass is 351 g/mol. The van der Waals surface area contributed by atoms with Crippen LogP contribution in [0.1, 0.15) is 104 Å². The Hall–Kier alpha value is -0.130. The average Bonchev–Trinajstić information content (AvgIpc) is 2.49. The van der Waals surface area contributed by atoms with Crippen molar-refractivity contribution in [2.24, 2.45) is 0 Å². The van der Waals surface area contributed by atoms with E-state index in [-0.39, 0.29) is 5.75 Å². The van der Waals surface area contributed by atoms with Gasteiger partial charge >= 0.3 is 0 Å². The molecule has 0 aliphatic carbocycles. The van der Waals surface area contributed by atoms with Crippen molar-refractivity contribution in [1.29, 1.82) is 0 Å². The second kappa shape index (κ2) is 19.9. The second-order valence-corrected chi connectivity index (χ2v) is 7.88. The normalized spacial score (nSPS) is 11.1. The maximum absolute atomic E-state index is 10.4. The van der Waals surface area contributed by atoms with Gasteiger partial charge in [-0.3, -0.25) is 0 Å². The van der Waals surface area contributed by atoms with Gasteiger partial charge in [-0.05, 0) is 12.8 Å². The lowest BCUT2D eigenvalue weighted by Crippen LogP contribution is -2.49. The summed E-state index contributed by atoms with van der Waals surface area (Å²) in [4.78, 5) is 0. The van der Waals surface area contributed by atoms with Crippen molar-refractivity contribution < 1.29 is 18.7 Å². The van der Waals surface area contributed by atoms with E-state index in [1.165, 1.54) is 70.6 Å². The third kappa shape index (κ3) is 30.3. The molecule has 4 nitrogen and oxygen atoms in total. The van der Waals surface area contributed by atoms with E-state index in [0.29, 0.717) is 6.42 Å². The summed E-state index contributed by atoms with van der Waals surface area (Å²) < 4.78 is 31.1. The minimum Gasteiger partial charge on any atom is -0.748 e. The van der Waals surface area contributed by atoms with E-state index < -0.39 is 10.1 Å². The molecule has 5 heteroatoms. The fourth-order valence-electron chi connectivity index (χ4n) is 2.37. The van der Waals surface area contributed by atoms with E-state index in [4.69, 9.17) is 0 Å². The topological polar surface area (TPSA) is 84.8 Å². The van der Waals surface area contributed by atoms with Crippen molar-refractivity contribution in [3.05, 3.63) is 0 Å². The third-order valence-electron chi connectivity index (χ3n) is 3.85. The van der Waals surface area contributed by atoms with Gasteiger partial charge in [-0.1, -0.05) is 90.9 Å². The van der Waals surface area contributed by atoms with Crippen LogP contribution in [0.4, 0.5) is 0 Å². The Bertz CT molecular complexity index is 303. The summed E-state index contributed by atoms with van der Waals surface area (Å²) in [7, 11) is -3.99. The molecule has 0 unspecified atom stereocenters. The lowest BCUT2D eigenvalue weighted by molar-refractivity contribution is -0.368. The first-order valence-electron chi connectivity index (χ1n) is 9.70. The Kier molecular flexibility index (Phi) is 21.7. The fraction of sp³-hybridized carbons (Fsp3) is 1.00. The predicted molar refractivity (Wildman–Crippen MR) is 98.3 cm³/mol. The van der Waals surface area contributed by atoms with Crippen molar-refractivity contribution in [2.45, 2.75) is 104 Å². The summed E-state index contributed by atoms with van der Waals surface area (Å²) in [5, 5.41) is 0. The summed E-state index contributed by atoms with van der Waals surface area (Å²) in [6, 6.07) is 0. The van der Waals surface area contributed by atoms with Gasteiger partial charge in [-0.25, -0.2) is 8.42 Å². The molecule has 0 atom stereocenters. The molecule has 0 radical (unpaired) electrons. The van der Waals surface area contributed by atoms with Gasteiger partial charge in [-0.15, -0.1) is 0 Å². The van der Waals surface area contributed by atoms with Crippen LogP contribution in [-0.2, 0) is 10.1 Å². The quantitative estimate of drug-likeness (QED) is 0.353. The first-order valence-corrected chi connectivity index (χ1v) is 11.3. The molecular formula is C18H41NO3S. The molecule has 3 N–H and O–H groups in total. The van der Waals surface area contributed by atoms with Crippen molar-refractivity contribution >= 4 is 10.1 Å². The lowest BCUT2D eigenvalue weighted by atomic mass is 10.1. The van der Waals surface area contributed by atoms with Gasteiger partial charge < -0.3 is 10.3 Å². The van der Waals surface area contributed by atoms with Crippen LogP contribution < -0.4 is 5.73 Å². The molecule has 0 saturated carbocycles. The summed E-state index contributed by atoms with van der Waals surface area (Å²) in [5.74, 6) is -0.190. The van der Waals surface area contributed by atoms with Gasteiger partial charge in [0.25, 0.3) is 0 Å². The Morgan fingerprint density at radius 1 is 0.652 bits per heavy atom. The molecule has 0 aromatic rings. The van der Waals surface area contributed by atoms with Gasteiger partial charge in [0.2, 0.25) is 0 Å². The van der Waals surface area contributed by atoms with E-state index in [1.54, 1.807) is 0 Å². The molecule has 0 amide bonds. The highest BCUT2D eigenvalue weighted by Crippen LogP contribution is 2.12. The van der Waals surface area contributed by atoms with Crippen LogP contribution >= 0.6 is 0 Å². The van der Waals surface area contributed by atoms with E-state index >= 15 is 0 Å². The van der Waals surface area contributed by atoms with E-state index in [1.807, 2.05) is 0 Å². The van der Waals surface area contributed by atoms with Crippen LogP contribution in [-0.4, -0.2) is 25.3 Å². The number of rotatable bonds is 15. The van der Waals surface area contributed by atoms with Crippen molar-refractivity contribution in [3.63, 3.8) is 0 Å². The zero-order valence-electron chi connectivity index (χ0n) is 15.7. The Labute approximate surface area is 145 Å². The molecule has 0 aromatic heterocycles. The van der Waals surface area contributed by atoms with Gasteiger partial charge in [0.15, 0.2) is 0 Å². The molecular weight excluding hydrogens is 310 g/mol. The van der Waals surface area contributed by atoms with Gasteiger partial charge in [0.1, 0.15) is 0 Å². The molecule has 0 aliphatic rings. The van der Waals surface area contributed by atoms with Gasteiger partial charge in [0.05, 0.1) is 16.7 Å². The predicted octanol–water partition coefficient (Wildman–Crippen LogP) is 4.26. The molecule has 0 aromatic carbocycles. The molecule has 0 heterocycles. The molecule has 142 valence electrons. The van der Waals surface area contributed by atoms with Crippen molar-refractivity contribution in [2.75, 3.05) is 12.3 Å². The second-order valence-electron chi connectivity index (χ2n) is 6.36. The first kappa shape index (κ1) is 25.1. The van der Waals surface area contributed by atoms with Crippen LogP contribution in [0.3, 0.4) is 0 Å². The first-order chi connectivity index (χ1) is 11.0. The third-order valence-corrected chi connectivity index (χ3v) is 4.64. The van der Waals surface area contributed by atoms with Crippen LogP contribution in [0.25, 0.3) is 0 Å². The minimum atomic E-state index is -3.99. The van der Waals surface area contributed by atoms with Crippen LogP contribution in [0.5, 0.6) is 0 Å². The smallest absolute Gasteiger partial charge is 0.0945 e. The Morgan fingerprint density at radius 2 is 1.00 bits per heavy atom. The molecule has 0 saturated heterocycles. The SMILES string of the molecule is CCCCCCCCCCCCCCS(=O)(=O)[O-].CCCC[NH3+]. The summed E-state index contributed by atoms with van der Waals surface area (Å²) in [6.07, 6.45) is 16.8. The summed E-state index contributed by atoms with van der Waals surface area (Å²) in [6.45, 7) is 5.50. The Morgan fingerprint density at radius 3 is 1.26 bits per heavy atom.